The summed E-state index contributed by atoms with van der Waals surface area (Å²) in [6, 6.07) is 2.70. The van der Waals surface area contributed by atoms with Crippen LogP contribution in [0.15, 0.2) is 18.2 Å². The van der Waals surface area contributed by atoms with Crippen molar-refractivity contribution in [2.24, 2.45) is 16.9 Å². The second-order valence-corrected chi connectivity index (χ2v) is 5.39. The molecule has 0 unspecified atom stereocenters. The zero-order valence-electron chi connectivity index (χ0n) is 11.2. The second kappa shape index (κ2) is 5.36. The number of hydrogen-bond donors (Lipinski definition) is 3. The number of carbonyl (C=O) groups excluding carboxylic acids is 2. The number of primary amides is 1. The maximum absolute atomic E-state index is 13.5. The van der Waals surface area contributed by atoms with Crippen LogP contribution in [-0.2, 0) is 4.79 Å². The second-order valence-electron chi connectivity index (χ2n) is 5.39. The molecule has 0 fully saturated rings. The van der Waals surface area contributed by atoms with E-state index in [1.54, 1.807) is 20.8 Å². The summed E-state index contributed by atoms with van der Waals surface area (Å²) in [5, 5.41) is 2.37. The molecule has 5 N–H and O–H groups in total. The number of rotatable bonds is 3. The predicted octanol–water partition coefficient (Wildman–Crippen LogP) is 1.24. The Morgan fingerprint density at radius 2 is 1.89 bits per heavy atom. The van der Waals surface area contributed by atoms with E-state index in [2.05, 4.69) is 5.32 Å². The number of amides is 2. The van der Waals surface area contributed by atoms with Crippen molar-refractivity contribution in [3.8, 4) is 0 Å². The fourth-order valence-electron chi connectivity index (χ4n) is 1.38. The van der Waals surface area contributed by atoms with E-state index in [1.807, 2.05) is 0 Å². The smallest absolute Gasteiger partial charge is 0.248 e. The average molecular weight is 267 g/mol. The maximum atomic E-state index is 13.5. The molecule has 2 amide bonds. The van der Waals surface area contributed by atoms with Gasteiger partial charge in [0.25, 0.3) is 0 Å². The lowest BCUT2D eigenvalue weighted by molar-refractivity contribution is -0.119. The Morgan fingerprint density at radius 1 is 1.32 bits per heavy atom. The van der Waals surface area contributed by atoms with Gasteiger partial charge in [-0.05, 0) is 23.6 Å². The molecule has 1 atom stereocenters. The molecule has 0 heterocycles. The molecule has 1 aromatic rings. The lowest BCUT2D eigenvalue weighted by atomic mass is 9.87. The van der Waals surface area contributed by atoms with E-state index in [0.29, 0.717) is 0 Å². The van der Waals surface area contributed by atoms with Crippen molar-refractivity contribution in [1.29, 1.82) is 0 Å². The van der Waals surface area contributed by atoms with Gasteiger partial charge in [-0.15, -0.1) is 0 Å². The number of carbonyl (C=O) groups is 2. The van der Waals surface area contributed by atoms with Crippen molar-refractivity contribution < 1.29 is 14.0 Å². The zero-order valence-corrected chi connectivity index (χ0v) is 11.2. The highest BCUT2D eigenvalue weighted by molar-refractivity contribution is 5.98. The minimum Gasteiger partial charge on any atom is -0.366 e. The number of nitrogens with one attached hydrogen (secondary N) is 1. The van der Waals surface area contributed by atoms with E-state index >= 15 is 0 Å². The van der Waals surface area contributed by atoms with E-state index in [4.69, 9.17) is 11.5 Å². The SMILES string of the molecule is CC(C)(C)[C@H](N)C(=O)Nc1cc(C(N)=O)ccc1F. The van der Waals surface area contributed by atoms with E-state index in [-0.39, 0.29) is 11.3 Å². The van der Waals surface area contributed by atoms with Crippen molar-refractivity contribution in [3.63, 3.8) is 0 Å². The Morgan fingerprint density at radius 3 is 2.37 bits per heavy atom. The molecule has 0 bridgehead atoms. The highest BCUT2D eigenvalue weighted by atomic mass is 19.1. The first-order valence-corrected chi connectivity index (χ1v) is 5.78. The Labute approximate surface area is 111 Å². The van der Waals surface area contributed by atoms with Crippen molar-refractivity contribution in [1.82, 2.24) is 0 Å². The Kier molecular flexibility index (Phi) is 4.26. The van der Waals surface area contributed by atoms with Crippen LogP contribution in [0, 0.1) is 11.2 Å². The van der Waals surface area contributed by atoms with E-state index in [0.717, 1.165) is 6.07 Å². The van der Waals surface area contributed by atoms with Gasteiger partial charge in [-0.1, -0.05) is 20.8 Å². The number of nitrogens with two attached hydrogens (primary N) is 2. The summed E-state index contributed by atoms with van der Waals surface area (Å²) in [6.45, 7) is 5.40. The van der Waals surface area contributed by atoms with Gasteiger partial charge in [0.1, 0.15) is 5.82 Å². The van der Waals surface area contributed by atoms with Gasteiger partial charge in [0.05, 0.1) is 11.7 Å². The monoisotopic (exact) mass is 267 g/mol. The first-order chi connectivity index (χ1) is 8.62. The van der Waals surface area contributed by atoms with Crippen LogP contribution in [-0.4, -0.2) is 17.9 Å². The normalized spacial score (nSPS) is 12.9. The van der Waals surface area contributed by atoms with Crippen LogP contribution in [0.1, 0.15) is 31.1 Å². The Balaban J connectivity index is 2.96. The van der Waals surface area contributed by atoms with Gasteiger partial charge in [0.15, 0.2) is 0 Å². The number of halogens is 1. The molecule has 1 aromatic carbocycles. The minimum absolute atomic E-state index is 0.110. The van der Waals surface area contributed by atoms with Crippen LogP contribution >= 0.6 is 0 Å². The van der Waals surface area contributed by atoms with Crippen LogP contribution in [0.4, 0.5) is 10.1 Å². The molecule has 0 aliphatic rings. The maximum Gasteiger partial charge on any atom is 0.248 e. The quantitative estimate of drug-likeness (QED) is 0.768. The van der Waals surface area contributed by atoms with Crippen molar-refractivity contribution in [2.45, 2.75) is 26.8 Å². The number of benzene rings is 1. The zero-order chi connectivity index (χ0) is 14.8. The lowest BCUT2D eigenvalue weighted by Crippen LogP contribution is -2.45. The van der Waals surface area contributed by atoms with Gasteiger partial charge in [0, 0.05) is 5.56 Å². The first kappa shape index (κ1) is 15.1. The third-order valence-electron chi connectivity index (χ3n) is 2.72. The molecule has 0 saturated heterocycles. The van der Waals surface area contributed by atoms with Crippen molar-refractivity contribution >= 4 is 17.5 Å². The van der Waals surface area contributed by atoms with Gasteiger partial charge in [-0.25, -0.2) is 4.39 Å². The highest BCUT2D eigenvalue weighted by Crippen LogP contribution is 2.21. The van der Waals surface area contributed by atoms with Gasteiger partial charge in [-0.3, -0.25) is 9.59 Å². The van der Waals surface area contributed by atoms with Crippen LogP contribution in [0.3, 0.4) is 0 Å². The Bertz CT molecular complexity index is 509. The fourth-order valence-corrected chi connectivity index (χ4v) is 1.38. The highest BCUT2D eigenvalue weighted by Gasteiger charge is 2.28. The molecule has 1 rings (SSSR count). The van der Waals surface area contributed by atoms with Gasteiger partial charge in [-0.2, -0.15) is 0 Å². The van der Waals surface area contributed by atoms with Crippen LogP contribution in [0.25, 0.3) is 0 Å². The molecular formula is C13H18FN3O2. The van der Waals surface area contributed by atoms with Crippen LogP contribution in [0.5, 0.6) is 0 Å². The number of hydrogen-bond acceptors (Lipinski definition) is 3. The molecular weight excluding hydrogens is 249 g/mol. The summed E-state index contributed by atoms with van der Waals surface area (Å²) in [7, 11) is 0. The molecule has 6 heteroatoms. The molecule has 0 radical (unpaired) electrons. The van der Waals surface area contributed by atoms with Crippen molar-refractivity contribution in [2.75, 3.05) is 5.32 Å². The standard InChI is InChI=1S/C13H18FN3O2/c1-13(2,3)10(15)12(19)17-9-6-7(11(16)18)4-5-8(9)14/h4-6,10H,15H2,1-3H3,(H2,16,18)(H,17,19)/t10-/m1/s1. The summed E-state index contributed by atoms with van der Waals surface area (Å²) < 4.78 is 13.5. The largest absolute Gasteiger partial charge is 0.366 e. The first-order valence-electron chi connectivity index (χ1n) is 5.78. The fraction of sp³-hybridized carbons (Fsp3) is 0.385. The molecule has 0 aliphatic carbocycles. The van der Waals surface area contributed by atoms with Crippen LogP contribution in [0.2, 0.25) is 0 Å². The molecule has 19 heavy (non-hydrogen) atoms. The number of anilines is 1. The lowest BCUT2D eigenvalue weighted by Gasteiger charge is -2.25. The molecule has 0 saturated carbocycles. The van der Waals surface area contributed by atoms with Gasteiger partial charge in [0.2, 0.25) is 11.8 Å². The summed E-state index contributed by atoms with van der Waals surface area (Å²) in [5.74, 6) is -1.87. The van der Waals surface area contributed by atoms with E-state index < -0.39 is 29.1 Å². The summed E-state index contributed by atoms with van der Waals surface area (Å²) in [5.41, 5.74) is 10.4. The molecule has 0 aliphatic heterocycles. The van der Waals surface area contributed by atoms with Crippen LogP contribution < -0.4 is 16.8 Å². The van der Waals surface area contributed by atoms with Gasteiger partial charge >= 0.3 is 0 Å². The summed E-state index contributed by atoms with van der Waals surface area (Å²) >= 11 is 0. The van der Waals surface area contributed by atoms with E-state index in [9.17, 15) is 14.0 Å². The summed E-state index contributed by atoms with van der Waals surface area (Å²) in [4.78, 5) is 22.9. The minimum atomic E-state index is -0.802. The van der Waals surface area contributed by atoms with Crippen molar-refractivity contribution in [3.05, 3.63) is 29.6 Å². The Hall–Kier alpha value is -1.95. The summed E-state index contributed by atoms with van der Waals surface area (Å²) in [6.07, 6.45) is 0. The molecule has 0 aromatic heterocycles. The van der Waals surface area contributed by atoms with Gasteiger partial charge < -0.3 is 16.8 Å². The van der Waals surface area contributed by atoms with E-state index in [1.165, 1.54) is 12.1 Å². The third kappa shape index (κ3) is 3.75. The molecule has 0 spiro atoms. The topological polar surface area (TPSA) is 98.2 Å². The third-order valence-corrected chi connectivity index (χ3v) is 2.72. The molecule has 5 nitrogen and oxygen atoms in total. The predicted molar refractivity (Wildman–Crippen MR) is 71.0 cm³/mol. The molecule has 104 valence electrons. The average Bonchev–Trinajstić information content (AvgIpc) is 2.29.